The van der Waals surface area contributed by atoms with Crippen molar-refractivity contribution in [3.63, 3.8) is 0 Å². The molecule has 3 heteroatoms. The number of nitrogens with zero attached hydrogens (tertiary/aromatic N) is 3. The number of rotatable bonds is 5. The zero-order valence-corrected chi connectivity index (χ0v) is 17.2. The average Bonchev–Trinajstić information content (AvgIpc) is 2.81. The number of aryl methyl sites for hydroxylation is 1. The van der Waals surface area contributed by atoms with Crippen LogP contribution in [0.1, 0.15) is 11.1 Å². The van der Waals surface area contributed by atoms with Crippen molar-refractivity contribution in [2.24, 2.45) is 0 Å². The van der Waals surface area contributed by atoms with Crippen LogP contribution in [0.15, 0.2) is 103 Å². The van der Waals surface area contributed by atoms with Gasteiger partial charge in [-0.15, -0.1) is 0 Å². The molecule has 0 atom stereocenters. The van der Waals surface area contributed by atoms with Crippen LogP contribution in [0.5, 0.6) is 0 Å². The Hall–Kier alpha value is -4.03. The van der Waals surface area contributed by atoms with Crippen LogP contribution in [0.4, 0.5) is 28.4 Å². The summed E-state index contributed by atoms with van der Waals surface area (Å²) in [5.74, 6) is 0. The second-order valence-corrected chi connectivity index (χ2v) is 7.24. The van der Waals surface area contributed by atoms with Crippen LogP contribution in [0.2, 0.25) is 0 Å². The molecule has 3 nitrogen and oxygen atoms in total. The predicted molar refractivity (Wildman–Crippen MR) is 125 cm³/mol. The van der Waals surface area contributed by atoms with Crippen molar-refractivity contribution in [3.8, 4) is 6.07 Å². The summed E-state index contributed by atoms with van der Waals surface area (Å²) in [6.07, 6.45) is 0. The normalized spacial score (nSPS) is 10.3. The van der Waals surface area contributed by atoms with Crippen LogP contribution in [0.25, 0.3) is 0 Å². The van der Waals surface area contributed by atoms with Gasteiger partial charge in [0.15, 0.2) is 0 Å². The number of benzene rings is 4. The van der Waals surface area contributed by atoms with Gasteiger partial charge < -0.3 is 9.80 Å². The summed E-state index contributed by atoms with van der Waals surface area (Å²) in [5.41, 5.74) is 7.38. The van der Waals surface area contributed by atoms with E-state index in [-0.39, 0.29) is 0 Å². The number of anilines is 5. The maximum Gasteiger partial charge on any atom is 0.0991 e. The van der Waals surface area contributed by atoms with Crippen molar-refractivity contribution in [1.29, 1.82) is 5.26 Å². The first kappa shape index (κ1) is 19.3. The monoisotopic (exact) mass is 389 g/mol. The van der Waals surface area contributed by atoms with Gasteiger partial charge in [0.25, 0.3) is 0 Å². The minimum atomic E-state index is 0.666. The summed E-state index contributed by atoms with van der Waals surface area (Å²) >= 11 is 0. The lowest BCUT2D eigenvalue weighted by Gasteiger charge is -2.26. The highest BCUT2D eigenvalue weighted by atomic mass is 15.1. The van der Waals surface area contributed by atoms with Gasteiger partial charge in [-0.25, -0.2) is 0 Å². The molecule has 0 spiro atoms. The van der Waals surface area contributed by atoms with Crippen LogP contribution in [-0.4, -0.2) is 7.05 Å². The molecule has 0 radical (unpaired) electrons. The van der Waals surface area contributed by atoms with E-state index in [1.54, 1.807) is 0 Å². The smallest absolute Gasteiger partial charge is 0.0991 e. The van der Waals surface area contributed by atoms with Gasteiger partial charge in [0, 0.05) is 35.5 Å². The lowest BCUT2D eigenvalue weighted by molar-refractivity contribution is 1.20. The Morgan fingerprint density at radius 2 is 1.00 bits per heavy atom. The fourth-order valence-electron chi connectivity index (χ4n) is 3.45. The van der Waals surface area contributed by atoms with E-state index >= 15 is 0 Å². The van der Waals surface area contributed by atoms with Crippen LogP contribution >= 0.6 is 0 Å². The van der Waals surface area contributed by atoms with E-state index in [4.69, 9.17) is 5.26 Å². The van der Waals surface area contributed by atoms with Crippen molar-refractivity contribution in [3.05, 3.63) is 114 Å². The van der Waals surface area contributed by atoms with Crippen LogP contribution in [0, 0.1) is 18.3 Å². The van der Waals surface area contributed by atoms with Gasteiger partial charge >= 0.3 is 0 Å². The Morgan fingerprint density at radius 3 is 1.53 bits per heavy atom. The van der Waals surface area contributed by atoms with Crippen molar-refractivity contribution >= 4 is 28.4 Å². The molecule has 0 saturated carbocycles. The van der Waals surface area contributed by atoms with Crippen LogP contribution < -0.4 is 9.80 Å². The summed E-state index contributed by atoms with van der Waals surface area (Å²) in [7, 11) is 2.03. The minimum absolute atomic E-state index is 0.666. The summed E-state index contributed by atoms with van der Waals surface area (Å²) in [6.45, 7) is 2.10. The molecular weight excluding hydrogens is 366 g/mol. The summed E-state index contributed by atoms with van der Waals surface area (Å²) in [6, 6.07) is 37.3. The molecule has 146 valence electrons. The summed E-state index contributed by atoms with van der Waals surface area (Å²) in [5, 5.41) is 9.00. The van der Waals surface area contributed by atoms with E-state index < -0.39 is 0 Å². The molecule has 4 aromatic rings. The second kappa shape index (κ2) is 8.55. The highest BCUT2D eigenvalue weighted by Crippen LogP contribution is 2.35. The van der Waals surface area contributed by atoms with E-state index in [0.717, 1.165) is 28.4 Å². The molecule has 0 unspecified atom stereocenters. The van der Waals surface area contributed by atoms with Gasteiger partial charge in [-0.05, 0) is 79.7 Å². The first-order valence-electron chi connectivity index (χ1n) is 9.91. The molecule has 0 aliphatic heterocycles. The maximum atomic E-state index is 9.00. The zero-order chi connectivity index (χ0) is 20.9. The van der Waals surface area contributed by atoms with Gasteiger partial charge in [0.05, 0.1) is 11.6 Å². The Kier molecular flexibility index (Phi) is 5.50. The highest BCUT2D eigenvalue weighted by Gasteiger charge is 2.13. The van der Waals surface area contributed by atoms with Crippen molar-refractivity contribution in [1.82, 2.24) is 0 Å². The van der Waals surface area contributed by atoms with Gasteiger partial charge in [0.1, 0.15) is 0 Å². The fraction of sp³-hybridized carbons (Fsp3) is 0.0741. The average molecular weight is 390 g/mol. The third-order valence-electron chi connectivity index (χ3n) is 5.19. The molecule has 0 aliphatic rings. The molecule has 0 aromatic heterocycles. The quantitative estimate of drug-likeness (QED) is 0.364. The van der Waals surface area contributed by atoms with Crippen LogP contribution in [-0.2, 0) is 0 Å². The van der Waals surface area contributed by atoms with Gasteiger partial charge in [0.2, 0.25) is 0 Å². The number of hydrogen-bond donors (Lipinski definition) is 0. The van der Waals surface area contributed by atoms with Crippen molar-refractivity contribution < 1.29 is 0 Å². The third-order valence-corrected chi connectivity index (χ3v) is 5.19. The lowest BCUT2D eigenvalue weighted by atomic mass is 10.1. The van der Waals surface area contributed by atoms with E-state index in [2.05, 4.69) is 95.6 Å². The van der Waals surface area contributed by atoms with Crippen LogP contribution in [0.3, 0.4) is 0 Å². The molecule has 4 aromatic carbocycles. The molecule has 0 aliphatic carbocycles. The Labute approximate surface area is 178 Å². The molecule has 0 N–H and O–H groups in total. The van der Waals surface area contributed by atoms with Crippen molar-refractivity contribution in [2.75, 3.05) is 16.8 Å². The molecule has 0 fully saturated rings. The summed E-state index contributed by atoms with van der Waals surface area (Å²) < 4.78 is 0. The summed E-state index contributed by atoms with van der Waals surface area (Å²) in [4.78, 5) is 4.37. The van der Waals surface area contributed by atoms with Gasteiger partial charge in [-0.3, -0.25) is 0 Å². The molecule has 30 heavy (non-hydrogen) atoms. The fourth-order valence-corrected chi connectivity index (χ4v) is 3.45. The number of nitriles is 1. The number of hydrogen-bond acceptors (Lipinski definition) is 3. The maximum absolute atomic E-state index is 9.00. The molecule has 0 heterocycles. The molecule has 0 saturated heterocycles. The minimum Gasteiger partial charge on any atom is -0.345 e. The first-order valence-corrected chi connectivity index (χ1v) is 9.91. The van der Waals surface area contributed by atoms with Gasteiger partial charge in [-0.2, -0.15) is 5.26 Å². The standard InChI is InChI=1S/C27H23N3/c1-21-8-12-26(13-9-21)30(25-6-4-3-5-7-25)27-18-16-24(17-19-27)29(2)23-14-10-22(20-28)11-15-23/h3-19H,1-2H3. The van der Waals surface area contributed by atoms with E-state index in [1.807, 2.05) is 37.4 Å². The molecule has 0 amide bonds. The largest absolute Gasteiger partial charge is 0.345 e. The number of para-hydroxylation sites is 1. The lowest BCUT2D eigenvalue weighted by Crippen LogP contribution is -2.11. The molecule has 4 rings (SSSR count). The van der Waals surface area contributed by atoms with E-state index in [1.165, 1.54) is 5.56 Å². The second-order valence-electron chi connectivity index (χ2n) is 7.24. The van der Waals surface area contributed by atoms with E-state index in [9.17, 15) is 0 Å². The topological polar surface area (TPSA) is 30.3 Å². The Bertz CT molecular complexity index is 1140. The first-order chi connectivity index (χ1) is 14.7. The highest BCUT2D eigenvalue weighted by molar-refractivity contribution is 5.78. The van der Waals surface area contributed by atoms with Gasteiger partial charge in [-0.1, -0.05) is 35.9 Å². The molecule has 0 bridgehead atoms. The third kappa shape index (κ3) is 4.04. The zero-order valence-electron chi connectivity index (χ0n) is 17.2. The van der Waals surface area contributed by atoms with E-state index in [0.29, 0.717) is 5.56 Å². The van der Waals surface area contributed by atoms with Crippen molar-refractivity contribution in [2.45, 2.75) is 6.92 Å². The predicted octanol–water partition coefficient (Wildman–Crippen LogP) is 7.10. The SMILES string of the molecule is Cc1ccc(N(c2ccccc2)c2ccc(N(C)c3ccc(C#N)cc3)cc2)cc1. The Balaban J connectivity index is 1.67. The Morgan fingerprint density at radius 1 is 0.567 bits per heavy atom. The molecular formula is C27H23N3.